The van der Waals surface area contributed by atoms with Crippen molar-refractivity contribution in [3.63, 3.8) is 0 Å². The smallest absolute Gasteiger partial charge is 0.359 e. The number of thiazole rings is 1. The van der Waals surface area contributed by atoms with Gasteiger partial charge in [0.05, 0.1) is 6.61 Å². The summed E-state index contributed by atoms with van der Waals surface area (Å²) >= 11 is 4.55. The number of carbonyl (C=O) groups excluding carboxylic acids is 2. The second kappa shape index (κ2) is 5.14. The second-order valence-corrected chi connectivity index (χ2v) is 5.78. The van der Waals surface area contributed by atoms with Crippen LogP contribution in [0.1, 0.15) is 30.3 Å². The fourth-order valence-electron chi connectivity index (χ4n) is 1.58. The third-order valence-corrected chi connectivity index (χ3v) is 4.08. The summed E-state index contributed by atoms with van der Waals surface area (Å²) in [7, 11) is 0. The molecule has 5 nitrogen and oxygen atoms in total. The average molecular weight is 319 g/mol. The van der Waals surface area contributed by atoms with Gasteiger partial charge in [0.15, 0.2) is 10.8 Å². The maximum Gasteiger partial charge on any atom is 0.359 e. The molecule has 1 aromatic rings. The van der Waals surface area contributed by atoms with E-state index in [0.29, 0.717) is 28.5 Å². The highest BCUT2D eigenvalue weighted by molar-refractivity contribution is 9.11. The number of ether oxygens (including phenoxy) is 1. The van der Waals surface area contributed by atoms with Gasteiger partial charge in [-0.15, -0.1) is 0 Å². The van der Waals surface area contributed by atoms with Crippen molar-refractivity contribution in [1.82, 2.24) is 4.98 Å². The lowest BCUT2D eigenvalue weighted by Crippen LogP contribution is -2.23. The number of hydrogen-bond acceptors (Lipinski definition) is 5. The van der Waals surface area contributed by atoms with Crippen molar-refractivity contribution in [3.05, 3.63) is 9.48 Å². The summed E-state index contributed by atoms with van der Waals surface area (Å²) in [6.07, 6.45) is 1.39. The number of amides is 1. The van der Waals surface area contributed by atoms with Crippen molar-refractivity contribution in [2.24, 2.45) is 0 Å². The van der Waals surface area contributed by atoms with E-state index in [2.05, 4.69) is 20.9 Å². The van der Waals surface area contributed by atoms with Crippen molar-refractivity contribution in [2.75, 3.05) is 18.1 Å². The van der Waals surface area contributed by atoms with Gasteiger partial charge in [0.2, 0.25) is 5.91 Å². The van der Waals surface area contributed by atoms with Gasteiger partial charge in [-0.2, -0.15) is 0 Å². The predicted octanol–water partition coefficient (Wildman–Crippen LogP) is 2.21. The van der Waals surface area contributed by atoms with E-state index in [9.17, 15) is 9.59 Å². The van der Waals surface area contributed by atoms with Gasteiger partial charge in [-0.25, -0.2) is 9.78 Å². The van der Waals surface area contributed by atoms with Crippen LogP contribution in [0.2, 0.25) is 0 Å². The molecular weight excluding hydrogens is 308 g/mol. The molecule has 0 unspecified atom stereocenters. The van der Waals surface area contributed by atoms with Gasteiger partial charge >= 0.3 is 5.97 Å². The number of rotatable bonds is 3. The van der Waals surface area contributed by atoms with E-state index < -0.39 is 5.97 Å². The summed E-state index contributed by atoms with van der Waals surface area (Å²) in [4.78, 5) is 28.9. The maximum atomic E-state index is 11.6. The Labute approximate surface area is 111 Å². The Morgan fingerprint density at radius 1 is 1.65 bits per heavy atom. The van der Waals surface area contributed by atoms with Gasteiger partial charge in [-0.3, -0.25) is 9.69 Å². The third-order valence-electron chi connectivity index (χ3n) is 2.35. The summed E-state index contributed by atoms with van der Waals surface area (Å²) in [5.41, 5.74) is 0.242. The molecule has 2 heterocycles. The van der Waals surface area contributed by atoms with Gasteiger partial charge in [0, 0.05) is 13.0 Å². The van der Waals surface area contributed by atoms with Gasteiger partial charge in [0.25, 0.3) is 0 Å². The SMILES string of the molecule is CCOC(=O)c1nc(N2CCCC2=O)sc1Br. The number of aromatic nitrogens is 1. The number of hydrogen-bond donors (Lipinski definition) is 0. The molecule has 1 fully saturated rings. The van der Waals surface area contributed by atoms with E-state index in [1.807, 2.05) is 0 Å². The first kappa shape index (κ1) is 12.5. The molecule has 0 aliphatic carbocycles. The Kier molecular flexibility index (Phi) is 3.78. The van der Waals surface area contributed by atoms with Crippen molar-refractivity contribution in [2.45, 2.75) is 19.8 Å². The van der Waals surface area contributed by atoms with E-state index in [1.165, 1.54) is 11.3 Å². The number of esters is 1. The summed E-state index contributed by atoms with van der Waals surface area (Å²) < 4.78 is 5.49. The first-order valence-electron chi connectivity index (χ1n) is 5.27. The minimum atomic E-state index is -0.464. The van der Waals surface area contributed by atoms with Crippen LogP contribution in [-0.4, -0.2) is 30.0 Å². The Morgan fingerprint density at radius 2 is 2.41 bits per heavy atom. The van der Waals surface area contributed by atoms with Crippen molar-refractivity contribution in [1.29, 1.82) is 0 Å². The van der Waals surface area contributed by atoms with Crippen LogP contribution >= 0.6 is 27.3 Å². The molecule has 1 aliphatic heterocycles. The van der Waals surface area contributed by atoms with Crippen LogP contribution in [0.15, 0.2) is 3.79 Å². The van der Waals surface area contributed by atoms with Gasteiger partial charge in [-0.1, -0.05) is 11.3 Å². The zero-order valence-electron chi connectivity index (χ0n) is 9.23. The second-order valence-electron chi connectivity index (χ2n) is 3.49. The number of halogens is 1. The minimum absolute atomic E-state index is 0.0571. The average Bonchev–Trinajstić information content (AvgIpc) is 2.84. The molecule has 17 heavy (non-hydrogen) atoms. The highest BCUT2D eigenvalue weighted by atomic mass is 79.9. The van der Waals surface area contributed by atoms with E-state index in [0.717, 1.165) is 6.42 Å². The third kappa shape index (κ3) is 2.50. The minimum Gasteiger partial charge on any atom is -0.461 e. The summed E-state index contributed by atoms with van der Waals surface area (Å²) in [6, 6.07) is 0. The van der Waals surface area contributed by atoms with E-state index in [4.69, 9.17) is 4.74 Å². The van der Waals surface area contributed by atoms with Crippen LogP contribution < -0.4 is 4.90 Å². The molecule has 2 rings (SSSR count). The summed E-state index contributed by atoms with van der Waals surface area (Å²) in [6.45, 7) is 2.71. The molecule has 0 atom stereocenters. The molecule has 1 aromatic heterocycles. The summed E-state index contributed by atoms with van der Waals surface area (Å²) in [5.74, 6) is -0.407. The number of anilines is 1. The molecule has 1 amide bonds. The lowest BCUT2D eigenvalue weighted by atomic mass is 10.4. The zero-order chi connectivity index (χ0) is 12.4. The van der Waals surface area contributed by atoms with E-state index in [1.54, 1.807) is 11.8 Å². The fraction of sp³-hybridized carbons (Fsp3) is 0.500. The molecule has 0 saturated carbocycles. The molecule has 1 aliphatic rings. The number of carbonyl (C=O) groups is 2. The van der Waals surface area contributed by atoms with Crippen molar-refractivity contribution < 1.29 is 14.3 Å². The molecule has 0 aromatic carbocycles. The highest BCUT2D eigenvalue weighted by Gasteiger charge is 2.27. The molecule has 7 heteroatoms. The van der Waals surface area contributed by atoms with Crippen LogP contribution in [0.4, 0.5) is 5.13 Å². The van der Waals surface area contributed by atoms with Crippen LogP contribution in [0.5, 0.6) is 0 Å². The lowest BCUT2D eigenvalue weighted by Gasteiger charge is -2.09. The normalized spacial score (nSPS) is 15.4. The predicted molar refractivity (Wildman–Crippen MR) is 67.4 cm³/mol. The largest absolute Gasteiger partial charge is 0.461 e. The van der Waals surface area contributed by atoms with Crippen LogP contribution in [0, 0.1) is 0 Å². The Balaban J connectivity index is 2.24. The standard InChI is InChI=1S/C10H11BrN2O3S/c1-2-16-9(15)7-8(11)17-10(12-7)13-5-3-4-6(13)14/h2-5H2,1H3. The zero-order valence-corrected chi connectivity index (χ0v) is 11.6. The quantitative estimate of drug-likeness (QED) is 0.802. The van der Waals surface area contributed by atoms with Gasteiger partial charge in [-0.05, 0) is 29.3 Å². The van der Waals surface area contributed by atoms with E-state index in [-0.39, 0.29) is 11.6 Å². The Morgan fingerprint density at radius 3 is 3.00 bits per heavy atom. The van der Waals surface area contributed by atoms with E-state index >= 15 is 0 Å². The maximum absolute atomic E-state index is 11.6. The van der Waals surface area contributed by atoms with Crippen LogP contribution in [0.3, 0.4) is 0 Å². The fourth-order valence-corrected chi connectivity index (χ4v) is 3.09. The monoisotopic (exact) mass is 318 g/mol. The molecule has 0 spiro atoms. The molecule has 0 bridgehead atoms. The van der Waals surface area contributed by atoms with Crippen molar-refractivity contribution in [3.8, 4) is 0 Å². The van der Waals surface area contributed by atoms with Crippen molar-refractivity contribution >= 4 is 44.3 Å². The van der Waals surface area contributed by atoms with Gasteiger partial charge < -0.3 is 4.74 Å². The lowest BCUT2D eigenvalue weighted by molar-refractivity contribution is -0.117. The molecule has 0 radical (unpaired) electrons. The highest BCUT2D eigenvalue weighted by Crippen LogP contribution is 2.33. The first-order chi connectivity index (χ1) is 8.13. The molecular formula is C10H11BrN2O3S. The Bertz CT molecular complexity index is 460. The van der Waals surface area contributed by atoms with Crippen LogP contribution in [-0.2, 0) is 9.53 Å². The summed E-state index contributed by atoms with van der Waals surface area (Å²) in [5, 5.41) is 0.558. The first-order valence-corrected chi connectivity index (χ1v) is 6.88. The van der Waals surface area contributed by atoms with Crippen LogP contribution in [0.25, 0.3) is 0 Å². The molecule has 92 valence electrons. The van der Waals surface area contributed by atoms with Gasteiger partial charge in [0.1, 0.15) is 3.79 Å². The topological polar surface area (TPSA) is 59.5 Å². The number of nitrogens with zero attached hydrogens (tertiary/aromatic N) is 2. The molecule has 0 N–H and O–H groups in total. The Hall–Kier alpha value is -0.950. The molecule has 1 saturated heterocycles.